The number of benzene rings is 1. The van der Waals surface area contributed by atoms with Crippen LogP contribution in [0.3, 0.4) is 0 Å². The van der Waals surface area contributed by atoms with Crippen LogP contribution in [0.15, 0.2) is 12.1 Å². The number of halogens is 1. The number of hydrogen-bond acceptors (Lipinski definition) is 3. The summed E-state index contributed by atoms with van der Waals surface area (Å²) in [6.07, 6.45) is 7.27. The van der Waals surface area contributed by atoms with Crippen LogP contribution in [-0.4, -0.2) is 31.6 Å². The number of rotatable bonds is 9. The largest absolute Gasteiger partial charge is 0.496 e. The molecule has 1 saturated carbocycles. The summed E-state index contributed by atoms with van der Waals surface area (Å²) in [6, 6.07) is 4.25. The Bertz CT molecular complexity index is 764. The van der Waals surface area contributed by atoms with E-state index >= 15 is 0 Å². The van der Waals surface area contributed by atoms with Crippen LogP contribution in [0.5, 0.6) is 5.75 Å². The normalized spacial score (nSPS) is 15.7. The number of nitrogens with zero attached hydrogens (tertiary/aromatic N) is 2. The first-order valence-corrected chi connectivity index (χ1v) is 13.9. The molecule has 1 fully saturated rings. The standard InChI is InChI=1S/C21H33FN2O2Si/c1-25-19-12-10-17(22)21-20(19)18(11-9-16-7-5-6-8-16)23-24(21)15-26-13-14-27(2,3)4/h10,12,16H,5-9,11,13-15H2,1-4H3. The molecule has 1 aliphatic carbocycles. The molecule has 0 radical (unpaired) electrons. The molecule has 2 aromatic rings. The quantitative estimate of drug-likeness (QED) is 0.410. The smallest absolute Gasteiger partial charge is 0.149 e. The van der Waals surface area contributed by atoms with Gasteiger partial charge in [-0.2, -0.15) is 5.10 Å². The van der Waals surface area contributed by atoms with Crippen LogP contribution >= 0.6 is 0 Å². The molecule has 3 rings (SSSR count). The summed E-state index contributed by atoms with van der Waals surface area (Å²) in [5.41, 5.74) is 1.44. The van der Waals surface area contributed by atoms with Gasteiger partial charge in [-0.3, -0.25) is 0 Å². The minimum absolute atomic E-state index is 0.265. The summed E-state index contributed by atoms with van der Waals surface area (Å²) in [5, 5.41) is 5.55. The van der Waals surface area contributed by atoms with Crippen molar-refractivity contribution < 1.29 is 13.9 Å². The lowest BCUT2D eigenvalue weighted by molar-refractivity contribution is 0.0810. The molecule has 0 saturated heterocycles. The lowest BCUT2D eigenvalue weighted by Gasteiger charge is -2.15. The second-order valence-electron chi connectivity index (χ2n) is 8.96. The third kappa shape index (κ3) is 5.11. The van der Waals surface area contributed by atoms with Gasteiger partial charge in [0, 0.05) is 14.7 Å². The molecule has 0 aliphatic heterocycles. The SMILES string of the molecule is COc1ccc(F)c2c1c(CCC1CCCC1)nn2COCC[Si](C)(C)C. The fraction of sp³-hybridized carbons (Fsp3) is 0.667. The second kappa shape index (κ2) is 8.74. The van der Waals surface area contributed by atoms with E-state index < -0.39 is 8.07 Å². The highest BCUT2D eigenvalue weighted by Gasteiger charge is 2.21. The van der Waals surface area contributed by atoms with Crippen molar-refractivity contribution in [3.63, 3.8) is 0 Å². The Hall–Kier alpha value is -1.40. The Labute approximate surface area is 163 Å². The summed E-state index contributed by atoms with van der Waals surface area (Å²) in [4.78, 5) is 0. The van der Waals surface area contributed by atoms with Crippen molar-refractivity contribution in [3.8, 4) is 5.75 Å². The molecule has 0 N–H and O–H groups in total. The van der Waals surface area contributed by atoms with E-state index in [4.69, 9.17) is 14.6 Å². The van der Waals surface area contributed by atoms with Gasteiger partial charge >= 0.3 is 0 Å². The predicted octanol–water partition coefficient (Wildman–Crippen LogP) is 5.62. The monoisotopic (exact) mass is 392 g/mol. The Morgan fingerprint density at radius 3 is 2.63 bits per heavy atom. The van der Waals surface area contributed by atoms with E-state index in [1.165, 1.54) is 31.7 Å². The van der Waals surface area contributed by atoms with Gasteiger partial charge in [-0.05, 0) is 36.9 Å². The maximum Gasteiger partial charge on any atom is 0.149 e. The van der Waals surface area contributed by atoms with Crippen molar-refractivity contribution in [1.29, 1.82) is 0 Å². The minimum Gasteiger partial charge on any atom is -0.496 e. The van der Waals surface area contributed by atoms with E-state index in [9.17, 15) is 4.39 Å². The van der Waals surface area contributed by atoms with Gasteiger partial charge < -0.3 is 9.47 Å². The van der Waals surface area contributed by atoms with Gasteiger partial charge in [0.1, 0.15) is 23.8 Å². The Morgan fingerprint density at radius 1 is 1.22 bits per heavy atom. The molecule has 1 aromatic heterocycles. The van der Waals surface area contributed by atoms with Crippen LogP contribution < -0.4 is 4.74 Å². The second-order valence-corrected chi connectivity index (χ2v) is 14.6. The van der Waals surface area contributed by atoms with E-state index in [1.54, 1.807) is 17.9 Å². The van der Waals surface area contributed by atoms with Crippen LogP contribution in [0, 0.1) is 11.7 Å². The van der Waals surface area contributed by atoms with Gasteiger partial charge in [-0.25, -0.2) is 9.07 Å². The number of hydrogen-bond donors (Lipinski definition) is 0. The Morgan fingerprint density at radius 2 is 1.96 bits per heavy atom. The average Bonchev–Trinajstić information content (AvgIpc) is 3.25. The molecule has 0 bridgehead atoms. The maximum atomic E-state index is 14.7. The molecule has 27 heavy (non-hydrogen) atoms. The van der Waals surface area contributed by atoms with Crippen molar-refractivity contribution in [2.45, 2.75) is 70.9 Å². The molecule has 1 aromatic carbocycles. The van der Waals surface area contributed by atoms with E-state index in [1.807, 2.05) is 0 Å². The summed E-state index contributed by atoms with van der Waals surface area (Å²) < 4.78 is 27.7. The fourth-order valence-corrected chi connectivity index (χ4v) is 4.69. The lowest BCUT2D eigenvalue weighted by Crippen LogP contribution is -2.22. The fourth-order valence-electron chi connectivity index (χ4n) is 3.93. The van der Waals surface area contributed by atoms with Crippen LogP contribution in [0.2, 0.25) is 25.7 Å². The van der Waals surface area contributed by atoms with Crippen molar-refractivity contribution in [1.82, 2.24) is 9.78 Å². The number of methoxy groups -OCH3 is 1. The Kier molecular flexibility index (Phi) is 6.58. The molecule has 0 atom stereocenters. The summed E-state index contributed by atoms with van der Waals surface area (Å²) in [6.45, 7) is 7.95. The third-order valence-electron chi connectivity index (χ3n) is 5.57. The topological polar surface area (TPSA) is 36.3 Å². The van der Waals surface area contributed by atoms with Crippen LogP contribution in [0.1, 0.15) is 37.8 Å². The molecule has 1 aliphatic rings. The van der Waals surface area contributed by atoms with Crippen molar-refractivity contribution in [2.24, 2.45) is 5.92 Å². The molecule has 1 heterocycles. The van der Waals surface area contributed by atoms with Gasteiger partial charge in [-0.1, -0.05) is 45.3 Å². The average molecular weight is 393 g/mol. The molecular weight excluding hydrogens is 359 g/mol. The molecule has 6 heteroatoms. The van der Waals surface area contributed by atoms with E-state index in [2.05, 4.69) is 19.6 Å². The highest BCUT2D eigenvalue weighted by atomic mass is 28.3. The zero-order valence-electron chi connectivity index (χ0n) is 17.2. The van der Waals surface area contributed by atoms with Crippen molar-refractivity contribution in [3.05, 3.63) is 23.6 Å². The summed E-state index contributed by atoms with van der Waals surface area (Å²) >= 11 is 0. The van der Waals surface area contributed by atoms with Crippen molar-refractivity contribution >= 4 is 19.0 Å². The molecule has 0 spiro atoms. The van der Waals surface area contributed by atoms with E-state index in [0.717, 1.165) is 35.9 Å². The summed E-state index contributed by atoms with van der Waals surface area (Å²) in [7, 11) is 0.488. The highest BCUT2D eigenvalue weighted by molar-refractivity contribution is 6.76. The van der Waals surface area contributed by atoms with Gasteiger partial charge in [-0.15, -0.1) is 0 Å². The first kappa shape index (κ1) is 20.3. The number of ether oxygens (including phenoxy) is 2. The molecule has 4 nitrogen and oxygen atoms in total. The number of aryl methyl sites for hydroxylation is 1. The lowest BCUT2D eigenvalue weighted by atomic mass is 9.99. The molecular formula is C21H33FN2O2Si. The Balaban J connectivity index is 1.81. The van der Waals surface area contributed by atoms with Gasteiger partial charge in [0.2, 0.25) is 0 Å². The predicted molar refractivity (Wildman–Crippen MR) is 111 cm³/mol. The highest BCUT2D eigenvalue weighted by Crippen LogP contribution is 2.34. The van der Waals surface area contributed by atoms with E-state index in [0.29, 0.717) is 17.9 Å². The van der Waals surface area contributed by atoms with Gasteiger partial charge in [0.25, 0.3) is 0 Å². The van der Waals surface area contributed by atoms with Crippen molar-refractivity contribution in [2.75, 3.05) is 13.7 Å². The molecule has 0 unspecified atom stereocenters. The van der Waals surface area contributed by atoms with Gasteiger partial charge in [0.15, 0.2) is 0 Å². The number of aromatic nitrogens is 2. The van der Waals surface area contributed by atoms with Crippen LogP contribution in [0.4, 0.5) is 4.39 Å². The minimum atomic E-state index is -1.15. The van der Waals surface area contributed by atoms with Crippen LogP contribution in [-0.2, 0) is 17.9 Å². The zero-order chi connectivity index (χ0) is 19.4. The summed E-state index contributed by atoms with van der Waals surface area (Å²) in [5.74, 6) is 1.21. The van der Waals surface area contributed by atoms with Gasteiger partial charge in [0.05, 0.1) is 18.2 Å². The first-order chi connectivity index (χ1) is 12.9. The first-order valence-electron chi connectivity index (χ1n) is 10.2. The maximum absolute atomic E-state index is 14.7. The van der Waals surface area contributed by atoms with Crippen LogP contribution in [0.25, 0.3) is 10.9 Å². The molecule has 0 amide bonds. The third-order valence-corrected chi connectivity index (χ3v) is 7.28. The number of fused-ring (bicyclic) bond motifs is 1. The van der Waals surface area contributed by atoms with E-state index in [-0.39, 0.29) is 12.5 Å². The zero-order valence-corrected chi connectivity index (χ0v) is 18.2. The molecule has 150 valence electrons.